The summed E-state index contributed by atoms with van der Waals surface area (Å²) in [6, 6.07) is 0. The van der Waals surface area contributed by atoms with Gasteiger partial charge in [-0.1, -0.05) is 0 Å². The van der Waals surface area contributed by atoms with Crippen molar-refractivity contribution in [2.24, 2.45) is 11.8 Å². The highest BCUT2D eigenvalue weighted by atomic mass is 16.5. The zero-order valence-corrected chi connectivity index (χ0v) is 8.62. The van der Waals surface area contributed by atoms with Gasteiger partial charge < -0.3 is 15.0 Å². The summed E-state index contributed by atoms with van der Waals surface area (Å²) in [5.41, 5.74) is 0. The Balaban J connectivity index is 1.78. The van der Waals surface area contributed by atoms with E-state index in [1.165, 1.54) is 26.2 Å². The zero-order chi connectivity index (χ0) is 9.26. The number of hydrogen-bond acceptors (Lipinski definition) is 3. The van der Waals surface area contributed by atoms with Crippen LogP contribution in [0, 0.1) is 11.8 Å². The molecule has 2 fully saturated rings. The molecule has 0 amide bonds. The van der Waals surface area contributed by atoms with E-state index in [1.54, 1.807) is 7.11 Å². The lowest BCUT2D eigenvalue weighted by atomic mass is 10.0. The van der Waals surface area contributed by atoms with Crippen LogP contribution in [-0.2, 0) is 4.74 Å². The number of rotatable bonds is 3. The predicted octanol–water partition coefficient (Wildman–Crippen LogP) is 0.173. The quantitative estimate of drug-likeness (QED) is 0.677. The number of ether oxygens (including phenoxy) is 1. The Morgan fingerprint density at radius 1 is 1.38 bits per heavy atom. The minimum Gasteiger partial charge on any atom is -0.380 e. The molecule has 3 atom stereocenters. The van der Waals surface area contributed by atoms with Crippen LogP contribution < -0.4 is 5.32 Å². The molecule has 0 saturated carbocycles. The highest BCUT2D eigenvalue weighted by Gasteiger charge is 2.36. The number of hydrogen-bond donors (Lipinski definition) is 1. The van der Waals surface area contributed by atoms with Crippen LogP contribution in [0.5, 0.6) is 0 Å². The molecule has 1 N–H and O–H groups in total. The maximum atomic E-state index is 5.28. The number of likely N-dealkylation sites (tertiary alicyclic amines) is 1. The first-order valence-electron chi connectivity index (χ1n) is 5.25. The fourth-order valence-corrected chi connectivity index (χ4v) is 2.54. The van der Waals surface area contributed by atoms with Crippen LogP contribution in [0.1, 0.15) is 6.92 Å². The van der Waals surface area contributed by atoms with Gasteiger partial charge in [0.2, 0.25) is 0 Å². The maximum Gasteiger partial charge on any atom is 0.0670 e. The molecule has 0 spiro atoms. The van der Waals surface area contributed by atoms with Crippen LogP contribution in [0.4, 0.5) is 0 Å². The van der Waals surface area contributed by atoms with E-state index < -0.39 is 0 Å². The molecule has 0 radical (unpaired) electrons. The van der Waals surface area contributed by atoms with Crippen molar-refractivity contribution < 1.29 is 4.74 Å². The lowest BCUT2D eigenvalue weighted by molar-refractivity contribution is 0.0828. The van der Waals surface area contributed by atoms with Gasteiger partial charge in [-0.05, 0) is 31.8 Å². The summed E-state index contributed by atoms with van der Waals surface area (Å²) in [4.78, 5) is 2.55. The summed E-state index contributed by atoms with van der Waals surface area (Å²) >= 11 is 0. The SMILES string of the molecule is COC(C)CN1CC2CNCC2C1. The van der Waals surface area contributed by atoms with Crippen molar-refractivity contribution in [3.8, 4) is 0 Å². The Hall–Kier alpha value is -0.120. The van der Waals surface area contributed by atoms with E-state index >= 15 is 0 Å². The molecule has 76 valence electrons. The number of fused-ring (bicyclic) bond motifs is 1. The van der Waals surface area contributed by atoms with E-state index in [0.717, 1.165) is 18.4 Å². The first kappa shape index (κ1) is 9.44. The van der Waals surface area contributed by atoms with Crippen LogP contribution in [-0.4, -0.2) is 50.8 Å². The van der Waals surface area contributed by atoms with Crippen LogP contribution in [0.25, 0.3) is 0 Å². The van der Waals surface area contributed by atoms with Crippen molar-refractivity contribution in [1.29, 1.82) is 0 Å². The molecule has 3 unspecified atom stereocenters. The van der Waals surface area contributed by atoms with Gasteiger partial charge in [-0.3, -0.25) is 0 Å². The van der Waals surface area contributed by atoms with Gasteiger partial charge in [-0.15, -0.1) is 0 Å². The van der Waals surface area contributed by atoms with Gasteiger partial charge in [0, 0.05) is 26.7 Å². The molecule has 0 bridgehead atoms. The van der Waals surface area contributed by atoms with Crippen LogP contribution >= 0.6 is 0 Å². The van der Waals surface area contributed by atoms with Gasteiger partial charge in [0.05, 0.1) is 6.10 Å². The Kier molecular flexibility index (Phi) is 2.86. The lowest BCUT2D eigenvalue weighted by Crippen LogP contribution is -2.32. The average molecular weight is 184 g/mol. The Bertz CT molecular complexity index is 160. The molecule has 2 heterocycles. The van der Waals surface area contributed by atoms with Gasteiger partial charge in [-0.2, -0.15) is 0 Å². The fraction of sp³-hybridized carbons (Fsp3) is 1.00. The minimum absolute atomic E-state index is 0.381. The van der Waals surface area contributed by atoms with Crippen LogP contribution in [0.3, 0.4) is 0 Å². The first-order valence-corrected chi connectivity index (χ1v) is 5.25. The Morgan fingerprint density at radius 3 is 2.54 bits per heavy atom. The smallest absolute Gasteiger partial charge is 0.0670 e. The molecular formula is C10H20N2O. The molecule has 3 heteroatoms. The third-order valence-corrected chi connectivity index (χ3v) is 3.38. The lowest BCUT2D eigenvalue weighted by Gasteiger charge is -2.20. The van der Waals surface area contributed by atoms with E-state index in [9.17, 15) is 0 Å². The van der Waals surface area contributed by atoms with Crippen molar-refractivity contribution >= 4 is 0 Å². The topological polar surface area (TPSA) is 24.5 Å². The average Bonchev–Trinajstić information content (AvgIpc) is 2.63. The normalized spacial score (nSPS) is 36.5. The molecular weight excluding hydrogens is 164 g/mol. The number of nitrogens with one attached hydrogen (secondary N) is 1. The van der Waals surface area contributed by atoms with Crippen LogP contribution in [0.2, 0.25) is 0 Å². The van der Waals surface area contributed by atoms with E-state index in [2.05, 4.69) is 17.1 Å². The second kappa shape index (κ2) is 3.95. The summed E-state index contributed by atoms with van der Waals surface area (Å²) in [5.74, 6) is 1.81. The van der Waals surface area contributed by atoms with Gasteiger partial charge in [0.15, 0.2) is 0 Å². The maximum absolute atomic E-state index is 5.28. The second-order valence-corrected chi connectivity index (χ2v) is 4.44. The minimum atomic E-state index is 0.381. The van der Waals surface area contributed by atoms with E-state index in [-0.39, 0.29) is 0 Å². The molecule has 0 aromatic rings. The third-order valence-electron chi connectivity index (χ3n) is 3.38. The van der Waals surface area contributed by atoms with Crippen molar-refractivity contribution in [2.75, 3.05) is 39.8 Å². The van der Waals surface area contributed by atoms with Crippen molar-refractivity contribution in [1.82, 2.24) is 10.2 Å². The standard InChI is InChI=1S/C10H20N2O/c1-8(13-2)5-12-6-9-3-11-4-10(9)7-12/h8-11H,3-7H2,1-2H3. The first-order chi connectivity index (χ1) is 6.29. The van der Waals surface area contributed by atoms with Crippen molar-refractivity contribution in [2.45, 2.75) is 13.0 Å². The number of nitrogens with zero attached hydrogens (tertiary/aromatic N) is 1. The molecule has 0 aliphatic carbocycles. The molecule has 0 aromatic carbocycles. The van der Waals surface area contributed by atoms with Gasteiger partial charge >= 0.3 is 0 Å². The summed E-state index contributed by atoms with van der Waals surface area (Å²) in [6.07, 6.45) is 0.381. The number of methoxy groups -OCH3 is 1. The molecule has 0 aromatic heterocycles. The summed E-state index contributed by atoms with van der Waals surface area (Å²) in [5, 5.41) is 3.45. The molecule has 2 rings (SSSR count). The summed E-state index contributed by atoms with van der Waals surface area (Å²) < 4.78 is 5.28. The molecule has 2 aliphatic rings. The fourth-order valence-electron chi connectivity index (χ4n) is 2.54. The van der Waals surface area contributed by atoms with Gasteiger partial charge in [0.1, 0.15) is 0 Å². The van der Waals surface area contributed by atoms with E-state index in [1.807, 2.05) is 0 Å². The highest BCUT2D eigenvalue weighted by molar-refractivity contribution is 4.91. The van der Waals surface area contributed by atoms with Crippen molar-refractivity contribution in [3.05, 3.63) is 0 Å². The highest BCUT2D eigenvalue weighted by Crippen LogP contribution is 2.26. The van der Waals surface area contributed by atoms with Crippen molar-refractivity contribution in [3.63, 3.8) is 0 Å². The van der Waals surface area contributed by atoms with Gasteiger partial charge in [0.25, 0.3) is 0 Å². The third kappa shape index (κ3) is 2.03. The Morgan fingerprint density at radius 2 is 2.00 bits per heavy atom. The zero-order valence-electron chi connectivity index (χ0n) is 8.62. The molecule has 13 heavy (non-hydrogen) atoms. The predicted molar refractivity (Wildman–Crippen MR) is 52.8 cm³/mol. The second-order valence-electron chi connectivity index (χ2n) is 4.44. The van der Waals surface area contributed by atoms with E-state index in [4.69, 9.17) is 4.74 Å². The molecule has 2 aliphatic heterocycles. The largest absolute Gasteiger partial charge is 0.380 e. The van der Waals surface area contributed by atoms with Crippen LogP contribution in [0.15, 0.2) is 0 Å². The summed E-state index contributed by atoms with van der Waals surface area (Å²) in [6.45, 7) is 8.23. The van der Waals surface area contributed by atoms with E-state index in [0.29, 0.717) is 6.10 Å². The van der Waals surface area contributed by atoms with Gasteiger partial charge in [-0.25, -0.2) is 0 Å². The molecule has 2 saturated heterocycles. The Labute approximate surface area is 80.4 Å². The summed E-state index contributed by atoms with van der Waals surface area (Å²) in [7, 11) is 1.79. The monoisotopic (exact) mass is 184 g/mol. The molecule has 3 nitrogen and oxygen atoms in total.